The number of carbonyl (C=O) groups is 2. The molecule has 8 rings (SSSR count). The highest BCUT2D eigenvalue weighted by atomic mass is 16.3. The van der Waals surface area contributed by atoms with Gasteiger partial charge in [0.25, 0.3) is 0 Å². The fourth-order valence-electron chi connectivity index (χ4n) is 6.54. The predicted molar refractivity (Wildman–Crippen MR) is 173 cm³/mol. The highest BCUT2D eigenvalue weighted by Gasteiger charge is 2.52. The second-order valence-corrected chi connectivity index (χ2v) is 11.9. The third-order valence-corrected chi connectivity index (χ3v) is 9.17. The van der Waals surface area contributed by atoms with Gasteiger partial charge in [0, 0.05) is 23.6 Å². The summed E-state index contributed by atoms with van der Waals surface area (Å²) in [5, 5.41) is 13.4. The highest BCUT2D eigenvalue weighted by Crippen LogP contribution is 2.50. The molecule has 2 aliphatic carbocycles. The number of aldehydes is 1. The monoisotopic (exact) mass is 607 g/mol. The zero-order chi connectivity index (χ0) is 31.4. The molecular formula is C36H29N7O3. The van der Waals surface area contributed by atoms with Gasteiger partial charge in [-0.3, -0.25) is 14.2 Å². The lowest BCUT2D eigenvalue weighted by Gasteiger charge is -2.21. The molecule has 1 atom stereocenters. The number of hydrogen-bond donors (Lipinski definition) is 3. The molecule has 6 aromatic rings. The molecular weight excluding hydrogens is 578 g/mol. The molecule has 0 spiro atoms. The Morgan fingerprint density at radius 1 is 1.00 bits per heavy atom. The number of anilines is 1. The van der Waals surface area contributed by atoms with Crippen LogP contribution in [-0.4, -0.2) is 41.8 Å². The third-order valence-electron chi connectivity index (χ3n) is 9.17. The number of aromatic hydroxyl groups is 1. The molecule has 1 amide bonds. The first kappa shape index (κ1) is 27.6. The SMILES string of the molecule is Nc1ncccc1-c1nc2ccc(-c3ccccc3)nc2n1-c1ccc2c(c1)CC[C@@H]2NC(=O)C1(c2cnc(C=O)c(O)c2)CC1. The number of aryl methyl sites for hydroxylation is 1. The van der Waals surface area contributed by atoms with E-state index in [4.69, 9.17) is 15.7 Å². The summed E-state index contributed by atoms with van der Waals surface area (Å²) in [6.45, 7) is 0. The fraction of sp³-hybridized carbons (Fsp3) is 0.167. The molecule has 1 fully saturated rings. The standard InChI is InChI=1S/C36H29N7O3/c37-32-26(7-4-16-38-32)33-41-29-13-12-27(21-5-2-1-3-6-21)40-34(29)43(33)24-9-10-25-22(17-24)8-11-28(25)42-35(46)36(14-15-36)23-18-31(45)30(20-44)39-19-23/h1-7,9-10,12-13,16-20,28,45H,8,11,14-15H2,(H2,37,38)(H,42,46)/t28-/m0/s1. The molecule has 0 aliphatic heterocycles. The summed E-state index contributed by atoms with van der Waals surface area (Å²) in [6.07, 6.45) is 6.54. The maximum Gasteiger partial charge on any atom is 0.231 e. The van der Waals surface area contributed by atoms with Gasteiger partial charge in [0.05, 0.1) is 22.7 Å². The number of benzene rings is 2. The zero-order valence-electron chi connectivity index (χ0n) is 24.7. The van der Waals surface area contributed by atoms with Gasteiger partial charge in [-0.15, -0.1) is 0 Å². The Kier molecular flexibility index (Phi) is 6.38. The molecule has 10 nitrogen and oxygen atoms in total. The lowest BCUT2D eigenvalue weighted by Crippen LogP contribution is -2.36. The van der Waals surface area contributed by atoms with Crippen LogP contribution in [0.2, 0.25) is 0 Å². The van der Waals surface area contributed by atoms with Crippen molar-refractivity contribution in [1.29, 1.82) is 0 Å². The first-order chi connectivity index (χ1) is 22.4. The Bertz CT molecular complexity index is 2170. The van der Waals surface area contributed by atoms with Crippen molar-refractivity contribution in [2.45, 2.75) is 37.1 Å². The first-order valence-corrected chi connectivity index (χ1v) is 15.2. The minimum absolute atomic E-state index is 0.0352. The van der Waals surface area contributed by atoms with E-state index in [9.17, 15) is 14.7 Å². The van der Waals surface area contributed by atoms with Crippen molar-refractivity contribution in [1.82, 2.24) is 29.8 Å². The molecule has 226 valence electrons. The van der Waals surface area contributed by atoms with Crippen molar-refractivity contribution in [2.75, 3.05) is 5.73 Å². The number of hydrogen-bond acceptors (Lipinski definition) is 8. The quantitative estimate of drug-likeness (QED) is 0.202. The number of imidazole rings is 1. The largest absolute Gasteiger partial charge is 0.506 e. The van der Waals surface area contributed by atoms with Crippen molar-refractivity contribution in [3.05, 3.63) is 114 Å². The van der Waals surface area contributed by atoms with Gasteiger partial charge in [0.1, 0.15) is 22.8 Å². The summed E-state index contributed by atoms with van der Waals surface area (Å²) in [4.78, 5) is 43.1. The number of nitrogens with two attached hydrogens (primary N) is 1. The maximum atomic E-state index is 13.6. The lowest BCUT2D eigenvalue weighted by atomic mass is 9.95. The van der Waals surface area contributed by atoms with Crippen LogP contribution in [0, 0.1) is 0 Å². The van der Waals surface area contributed by atoms with Crippen molar-refractivity contribution in [2.24, 2.45) is 0 Å². The summed E-state index contributed by atoms with van der Waals surface area (Å²) in [7, 11) is 0. The van der Waals surface area contributed by atoms with Crippen molar-refractivity contribution >= 4 is 29.2 Å². The van der Waals surface area contributed by atoms with E-state index in [1.807, 2.05) is 65.2 Å². The summed E-state index contributed by atoms with van der Waals surface area (Å²) in [5.74, 6) is 0.719. The number of pyridine rings is 3. The topological polar surface area (TPSA) is 149 Å². The van der Waals surface area contributed by atoms with Gasteiger partial charge in [-0.1, -0.05) is 36.4 Å². The van der Waals surface area contributed by atoms with Gasteiger partial charge in [-0.2, -0.15) is 0 Å². The van der Waals surface area contributed by atoms with Crippen LogP contribution in [0.15, 0.2) is 91.3 Å². The van der Waals surface area contributed by atoms with E-state index in [1.165, 1.54) is 12.3 Å². The summed E-state index contributed by atoms with van der Waals surface area (Å²) < 4.78 is 2.03. The molecule has 0 saturated heterocycles. The Hall–Kier alpha value is -5.90. The Morgan fingerprint density at radius 2 is 1.85 bits per heavy atom. The Labute approximate surface area is 264 Å². The Morgan fingerprint density at radius 3 is 2.61 bits per heavy atom. The van der Waals surface area contributed by atoms with Crippen LogP contribution in [-0.2, 0) is 16.6 Å². The molecule has 0 bridgehead atoms. The van der Waals surface area contributed by atoms with Gasteiger partial charge in [-0.05, 0) is 84.8 Å². The number of nitrogens with zero attached hydrogens (tertiary/aromatic N) is 5. The van der Waals surface area contributed by atoms with Crippen LogP contribution < -0.4 is 11.1 Å². The number of carbonyl (C=O) groups excluding carboxylic acids is 2. The van der Waals surface area contributed by atoms with Crippen LogP contribution in [0.1, 0.15) is 52.5 Å². The van der Waals surface area contributed by atoms with Crippen LogP contribution in [0.5, 0.6) is 5.75 Å². The van der Waals surface area contributed by atoms with E-state index in [2.05, 4.69) is 27.4 Å². The molecule has 2 aromatic carbocycles. The van der Waals surface area contributed by atoms with E-state index in [-0.39, 0.29) is 23.4 Å². The number of amides is 1. The maximum absolute atomic E-state index is 13.6. The average Bonchev–Trinajstić information content (AvgIpc) is 3.68. The fourth-order valence-corrected chi connectivity index (χ4v) is 6.54. The normalized spacial score (nSPS) is 16.2. The molecule has 4 aromatic heterocycles. The minimum atomic E-state index is -0.745. The molecule has 4 N–H and O–H groups in total. The van der Waals surface area contributed by atoms with Crippen molar-refractivity contribution in [3.63, 3.8) is 0 Å². The summed E-state index contributed by atoms with van der Waals surface area (Å²) in [6, 6.07) is 25.3. The molecule has 0 radical (unpaired) electrons. The first-order valence-electron chi connectivity index (χ1n) is 15.2. The second kappa shape index (κ2) is 10.6. The number of rotatable bonds is 7. The van der Waals surface area contributed by atoms with Crippen LogP contribution in [0.3, 0.4) is 0 Å². The van der Waals surface area contributed by atoms with Crippen molar-refractivity contribution < 1.29 is 14.7 Å². The van der Waals surface area contributed by atoms with Gasteiger partial charge in [-0.25, -0.2) is 19.9 Å². The van der Waals surface area contributed by atoms with Gasteiger partial charge in [0.2, 0.25) is 5.91 Å². The van der Waals surface area contributed by atoms with E-state index >= 15 is 0 Å². The van der Waals surface area contributed by atoms with Crippen LogP contribution in [0.4, 0.5) is 5.82 Å². The zero-order valence-corrected chi connectivity index (χ0v) is 24.7. The molecule has 4 heterocycles. The number of nitrogen functional groups attached to an aromatic ring is 1. The molecule has 46 heavy (non-hydrogen) atoms. The van der Waals surface area contributed by atoms with Crippen LogP contribution >= 0.6 is 0 Å². The van der Waals surface area contributed by atoms with E-state index in [1.54, 1.807) is 6.20 Å². The van der Waals surface area contributed by atoms with Gasteiger partial charge in [0.15, 0.2) is 17.8 Å². The van der Waals surface area contributed by atoms with Gasteiger partial charge < -0.3 is 16.2 Å². The van der Waals surface area contributed by atoms with E-state index in [0.717, 1.165) is 46.4 Å². The number of nitrogens with one attached hydrogen (secondary N) is 1. The van der Waals surface area contributed by atoms with E-state index < -0.39 is 5.41 Å². The predicted octanol–water partition coefficient (Wildman–Crippen LogP) is 5.48. The summed E-state index contributed by atoms with van der Waals surface area (Å²) in [5.41, 5.74) is 13.3. The minimum Gasteiger partial charge on any atom is -0.506 e. The highest BCUT2D eigenvalue weighted by molar-refractivity contribution is 5.92. The summed E-state index contributed by atoms with van der Waals surface area (Å²) >= 11 is 0. The third kappa shape index (κ3) is 4.49. The van der Waals surface area contributed by atoms with E-state index in [0.29, 0.717) is 47.5 Å². The molecule has 0 unspecified atom stereocenters. The molecule has 2 aliphatic rings. The van der Waals surface area contributed by atoms with Gasteiger partial charge >= 0.3 is 0 Å². The number of fused-ring (bicyclic) bond motifs is 2. The average molecular weight is 608 g/mol. The lowest BCUT2D eigenvalue weighted by molar-refractivity contribution is -0.124. The van der Waals surface area contributed by atoms with Crippen molar-refractivity contribution in [3.8, 4) is 34.1 Å². The van der Waals surface area contributed by atoms with Crippen LogP contribution in [0.25, 0.3) is 39.5 Å². The Balaban J connectivity index is 1.16. The molecule has 1 saturated carbocycles. The smallest absolute Gasteiger partial charge is 0.231 e. The number of aromatic nitrogens is 5. The molecule has 10 heteroatoms. The second-order valence-electron chi connectivity index (χ2n) is 11.9.